The van der Waals surface area contributed by atoms with E-state index in [2.05, 4.69) is 0 Å². The zero-order chi connectivity index (χ0) is 19.7. The molecule has 0 aliphatic carbocycles. The van der Waals surface area contributed by atoms with Gasteiger partial charge in [-0.25, -0.2) is 9.59 Å². The summed E-state index contributed by atoms with van der Waals surface area (Å²) >= 11 is 0. The molecule has 1 heterocycles. The molecule has 3 rings (SSSR count). The van der Waals surface area contributed by atoms with E-state index in [9.17, 15) is 19.8 Å². The van der Waals surface area contributed by atoms with Gasteiger partial charge in [0.2, 0.25) is 0 Å². The molecule has 0 saturated carbocycles. The average molecular weight is 365 g/mol. The smallest absolute Gasteiger partial charge is 0.343 e. The Morgan fingerprint density at radius 1 is 0.963 bits per heavy atom. The van der Waals surface area contributed by atoms with Crippen molar-refractivity contribution in [2.75, 3.05) is 7.11 Å². The number of benzene rings is 2. The Morgan fingerprint density at radius 2 is 1.56 bits per heavy atom. The highest BCUT2D eigenvalue weighted by atomic mass is 16.5. The Hall–Kier alpha value is -3.54. The van der Waals surface area contributed by atoms with Gasteiger partial charge in [-0.2, -0.15) is 0 Å². The van der Waals surface area contributed by atoms with Crippen molar-refractivity contribution >= 4 is 28.4 Å². The van der Waals surface area contributed by atoms with Crippen molar-refractivity contribution in [3.8, 4) is 11.4 Å². The number of ether oxygens (including phenoxy) is 1. The summed E-state index contributed by atoms with van der Waals surface area (Å²) in [5.74, 6) is -2.19. The van der Waals surface area contributed by atoms with Gasteiger partial charge in [0.1, 0.15) is 11.3 Å². The lowest BCUT2D eigenvalue weighted by Gasteiger charge is -2.10. The first kappa shape index (κ1) is 18.3. The quantitative estimate of drug-likeness (QED) is 0.407. The van der Waals surface area contributed by atoms with Crippen LogP contribution in [0.1, 0.15) is 18.2 Å². The van der Waals surface area contributed by atoms with Crippen LogP contribution in [-0.2, 0) is 9.59 Å². The normalized spacial score (nSPS) is 10.6. The van der Waals surface area contributed by atoms with Crippen molar-refractivity contribution in [2.45, 2.75) is 13.8 Å². The van der Waals surface area contributed by atoms with E-state index in [1.54, 1.807) is 7.11 Å². The standard InChI is InChI=1S/C21H19NO5/c1-12(19(20(23)24)21(25)26)18-13(2)22(17-7-5-4-6-16(17)18)14-8-10-15(27-3)11-9-14/h4-11H,1-3H3,(H,23,24)(H,25,26). The molecule has 0 atom stereocenters. The SMILES string of the molecule is COc1ccc(-n2c(C)c(C(C)=C(C(=O)O)C(=O)O)c3ccccc32)cc1. The molecular formula is C21H19NO5. The molecule has 0 aliphatic heterocycles. The highest BCUT2D eigenvalue weighted by Gasteiger charge is 2.25. The van der Waals surface area contributed by atoms with Crippen LogP contribution in [0.25, 0.3) is 22.2 Å². The molecule has 0 spiro atoms. The van der Waals surface area contributed by atoms with E-state index in [0.29, 0.717) is 5.56 Å². The number of carboxylic acid groups (broad SMARTS) is 2. The van der Waals surface area contributed by atoms with Gasteiger partial charge < -0.3 is 19.5 Å². The lowest BCUT2D eigenvalue weighted by atomic mass is 9.98. The molecule has 0 saturated heterocycles. The Labute approximate surface area is 155 Å². The molecule has 0 bridgehead atoms. The van der Waals surface area contributed by atoms with Gasteiger partial charge in [-0.05, 0) is 49.8 Å². The molecule has 0 unspecified atom stereocenters. The van der Waals surface area contributed by atoms with Gasteiger partial charge in [0.05, 0.1) is 12.6 Å². The summed E-state index contributed by atoms with van der Waals surface area (Å²) in [4.78, 5) is 23.0. The third-order valence-corrected chi connectivity index (χ3v) is 4.62. The fraction of sp³-hybridized carbons (Fsp3) is 0.143. The molecule has 138 valence electrons. The van der Waals surface area contributed by atoms with Gasteiger partial charge in [0.15, 0.2) is 0 Å². The maximum Gasteiger partial charge on any atom is 0.343 e. The van der Waals surface area contributed by atoms with E-state index < -0.39 is 17.5 Å². The highest BCUT2D eigenvalue weighted by Crippen LogP contribution is 2.35. The highest BCUT2D eigenvalue weighted by molar-refractivity contribution is 6.20. The minimum absolute atomic E-state index is 0.218. The largest absolute Gasteiger partial charge is 0.497 e. The maximum atomic E-state index is 11.5. The Balaban J connectivity index is 2.36. The van der Waals surface area contributed by atoms with E-state index in [1.165, 1.54) is 6.92 Å². The summed E-state index contributed by atoms with van der Waals surface area (Å²) in [5, 5.41) is 19.5. The number of carboxylic acids is 2. The number of carbonyl (C=O) groups is 2. The van der Waals surface area contributed by atoms with E-state index in [-0.39, 0.29) is 5.57 Å². The Kier molecular flexibility index (Phi) is 4.73. The molecule has 0 radical (unpaired) electrons. The van der Waals surface area contributed by atoms with Crippen molar-refractivity contribution in [1.82, 2.24) is 4.57 Å². The Bertz CT molecular complexity index is 1060. The van der Waals surface area contributed by atoms with Crippen molar-refractivity contribution in [3.05, 3.63) is 65.4 Å². The molecule has 0 aliphatic rings. The zero-order valence-corrected chi connectivity index (χ0v) is 15.2. The molecule has 0 fully saturated rings. The first-order valence-corrected chi connectivity index (χ1v) is 8.29. The first-order valence-electron chi connectivity index (χ1n) is 8.29. The second kappa shape index (κ2) is 6.99. The van der Waals surface area contributed by atoms with Gasteiger partial charge >= 0.3 is 11.9 Å². The minimum atomic E-state index is -1.46. The average Bonchev–Trinajstić information content (AvgIpc) is 2.93. The first-order chi connectivity index (χ1) is 12.9. The van der Waals surface area contributed by atoms with Crippen molar-refractivity contribution < 1.29 is 24.5 Å². The van der Waals surface area contributed by atoms with Gasteiger partial charge in [-0.15, -0.1) is 0 Å². The Morgan fingerprint density at radius 3 is 2.11 bits per heavy atom. The topological polar surface area (TPSA) is 88.8 Å². The van der Waals surface area contributed by atoms with Gasteiger partial charge in [0.25, 0.3) is 0 Å². The second-order valence-corrected chi connectivity index (χ2v) is 6.12. The molecule has 6 heteroatoms. The fourth-order valence-corrected chi connectivity index (χ4v) is 3.44. The molecular weight excluding hydrogens is 346 g/mol. The maximum absolute atomic E-state index is 11.5. The van der Waals surface area contributed by atoms with Crippen LogP contribution >= 0.6 is 0 Å². The minimum Gasteiger partial charge on any atom is -0.497 e. The van der Waals surface area contributed by atoms with Crippen LogP contribution in [0.15, 0.2) is 54.1 Å². The van der Waals surface area contributed by atoms with Crippen LogP contribution < -0.4 is 4.74 Å². The van der Waals surface area contributed by atoms with E-state index in [0.717, 1.165) is 28.0 Å². The zero-order valence-electron chi connectivity index (χ0n) is 15.2. The van der Waals surface area contributed by atoms with E-state index >= 15 is 0 Å². The van der Waals surface area contributed by atoms with Gasteiger partial charge in [-0.1, -0.05) is 18.2 Å². The molecule has 6 nitrogen and oxygen atoms in total. The number of hydrogen-bond donors (Lipinski definition) is 2. The number of hydrogen-bond acceptors (Lipinski definition) is 3. The van der Waals surface area contributed by atoms with Gasteiger partial charge in [0, 0.05) is 22.3 Å². The third-order valence-electron chi connectivity index (χ3n) is 4.62. The van der Waals surface area contributed by atoms with Crippen molar-refractivity contribution in [2.24, 2.45) is 0 Å². The van der Waals surface area contributed by atoms with E-state index in [4.69, 9.17) is 4.74 Å². The number of fused-ring (bicyclic) bond motifs is 1. The molecule has 2 aromatic carbocycles. The number of methoxy groups -OCH3 is 1. The van der Waals surface area contributed by atoms with Gasteiger partial charge in [-0.3, -0.25) is 0 Å². The summed E-state index contributed by atoms with van der Waals surface area (Å²) in [7, 11) is 1.59. The molecule has 3 aromatic rings. The van der Waals surface area contributed by atoms with Crippen LogP contribution in [0.3, 0.4) is 0 Å². The predicted octanol–water partition coefficient (Wildman–Crippen LogP) is 3.89. The number of para-hydroxylation sites is 1. The summed E-state index contributed by atoms with van der Waals surface area (Å²) in [6, 6.07) is 15.0. The number of rotatable bonds is 5. The third kappa shape index (κ3) is 3.06. The monoisotopic (exact) mass is 365 g/mol. The molecule has 1 aromatic heterocycles. The molecule has 27 heavy (non-hydrogen) atoms. The lowest BCUT2D eigenvalue weighted by molar-refractivity contribution is -0.140. The van der Waals surface area contributed by atoms with Crippen LogP contribution in [-0.4, -0.2) is 33.8 Å². The van der Waals surface area contributed by atoms with E-state index in [1.807, 2.05) is 60.0 Å². The lowest BCUT2D eigenvalue weighted by Crippen LogP contribution is -2.13. The predicted molar refractivity (Wildman–Crippen MR) is 102 cm³/mol. The second-order valence-electron chi connectivity index (χ2n) is 6.12. The van der Waals surface area contributed by atoms with Crippen molar-refractivity contribution in [1.29, 1.82) is 0 Å². The van der Waals surface area contributed by atoms with Crippen LogP contribution in [0.4, 0.5) is 0 Å². The number of aromatic nitrogens is 1. The molecule has 0 amide bonds. The summed E-state index contributed by atoms with van der Waals surface area (Å²) in [6.45, 7) is 3.38. The number of allylic oxidation sites excluding steroid dienone is 1. The summed E-state index contributed by atoms with van der Waals surface area (Å²) < 4.78 is 7.18. The number of aliphatic carboxylic acids is 2. The molecule has 2 N–H and O–H groups in total. The number of nitrogens with zero attached hydrogens (tertiary/aromatic N) is 1. The summed E-state index contributed by atoms with van der Waals surface area (Å²) in [5.41, 5.74) is 2.70. The van der Waals surface area contributed by atoms with Crippen LogP contribution in [0.2, 0.25) is 0 Å². The fourth-order valence-electron chi connectivity index (χ4n) is 3.44. The van der Waals surface area contributed by atoms with Crippen molar-refractivity contribution in [3.63, 3.8) is 0 Å². The van der Waals surface area contributed by atoms with Crippen LogP contribution in [0, 0.1) is 6.92 Å². The van der Waals surface area contributed by atoms with Crippen LogP contribution in [0.5, 0.6) is 5.75 Å². The summed E-state index contributed by atoms with van der Waals surface area (Å²) in [6.07, 6.45) is 0.